The normalized spacial score (nSPS) is 20.3. The van der Waals surface area contributed by atoms with Crippen LogP contribution in [0.3, 0.4) is 0 Å². The van der Waals surface area contributed by atoms with Gasteiger partial charge in [-0.2, -0.15) is 9.40 Å². The summed E-state index contributed by atoms with van der Waals surface area (Å²) >= 11 is 0. The highest BCUT2D eigenvalue weighted by Gasteiger charge is 2.32. The van der Waals surface area contributed by atoms with Gasteiger partial charge in [0, 0.05) is 26.2 Å². The van der Waals surface area contributed by atoms with E-state index >= 15 is 0 Å². The van der Waals surface area contributed by atoms with Gasteiger partial charge in [0.05, 0.1) is 24.6 Å². The first-order valence-electron chi connectivity index (χ1n) is 9.81. The summed E-state index contributed by atoms with van der Waals surface area (Å²) in [6, 6.07) is 0. The van der Waals surface area contributed by atoms with E-state index in [0.717, 1.165) is 38.8 Å². The number of aromatic nitrogens is 2. The van der Waals surface area contributed by atoms with Gasteiger partial charge >= 0.3 is 0 Å². The number of rotatable bonds is 4. The largest absolute Gasteiger partial charge is 0.379 e. The van der Waals surface area contributed by atoms with Gasteiger partial charge in [-0.15, -0.1) is 0 Å². The van der Waals surface area contributed by atoms with Crippen LogP contribution in [0.25, 0.3) is 0 Å². The highest BCUT2D eigenvalue weighted by atomic mass is 32.2. The van der Waals surface area contributed by atoms with Crippen LogP contribution < -0.4 is 0 Å². The first kappa shape index (κ1) is 20.3. The number of likely N-dealkylation sites (tertiary alicyclic amines) is 1. The summed E-state index contributed by atoms with van der Waals surface area (Å²) < 4.78 is 34.3. The zero-order valence-electron chi connectivity index (χ0n) is 16.3. The summed E-state index contributed by atoms with van der Waals surface area (Å²) in [5.41, 5.74) is 0.971. The van der Waals surface area contributed by atoms with Crippen LogP contribution in [-0.4, -0.2) is 72.7 Å². The van der Waals surface area contributed by atoms with Crippen molar-refractivity contribution in [3.63, 3.8) is 0 Å². The van der Waals surface area contributed by atoms with Crippen LogP contribution in [0.5, 0.6) is 0 Å². The average molecular weight is 399 g/mol. The molecule has 0 spiro atoms. The SMILES string of the molecule is Cc1nn(CC(=O)N2CCCCCCC2)c(C)c1S(=O)(=O)N1CCOCC1. The zero-order chi connectivity index (χ0) is 19.4. The fourth-order valence-electron chi connectivity index (χ4n) is 3.85. The molecule has 2 aliphatic heterocycles. The molecule has 0 unspecified atom stereocenters. The number of amides is 1. The van der Waals surface area contributed by atoms with E-state index in [0.29, 0.717) is 37.7 Å². The Morgan fingerprint density at radius 1 is 1.00 bits per heavy atom. The molecule has 3 heterocycles. The van der Waals surface area contributed by atoms with Crippen LogP contribution in [0.2, 0.25) is 0 Å². The first-order valence-corrected chi connectivity index (χ1v) is 11.2. The van der Waals surface area contributed by atoms with Gasteiger partial charge in [0.2, 0.25) is 15.9 Å². The van der Waals surface area contributed by atoms with E-state index in [1.807, 2.05) is 4.90 Å². The van der Waals surface area contributed by atoms with Crippen molar-refractivity contribution in [2.24, 2.45) is 0 Å². The van der Waals surface area contributed by atoms with Crippen molar-refractivity contribution in [3.8, 4) is 0 Å². The topological polar surface area (TPSA) is 84.7 Å². The summed E-state index contributed by atoms with van der Waals surface area (Å²) in [6.45, 7) is 6.56. The third-order valence-electron chi connectivity index (χ3n) is 5.38. The standard InChI is InChI=1S/C18H30N4O4S/c1-15-18(27(24,25)21-10-12-26-13-11-21)16(2)22(19-15)14-17(23)20-8-6-4-3-5-7-9-20/h3-14H2,1-2H3. The van der Waals surface area contributed by atoms with Crippen LogP contribution >= 0.6 is 0 Å². The summed E-state index contributed by atoms with van der Waals surface area (Å²) in [4.78, 5) is 14.9. The second-order valence-corrected chi connectivity index (χ2v) is 9.20. The van der Waals surface area contributed by atoms with Crippen LogP contribution in [0, 0.1) is 13.8 Å². The van der Waals surface area contributed by atoms with Crippen LogP contribution in [0.15, 0.2) is 4.90 Å². The Labute approximate surface area is 161 Å². The molecule has 2 aliphatic rings. The lowest BCUT2D eigenvalue weighted by Crippen LogP contribution is -2.41. The van der Waals surface area contributed by atoms with Gasteiger partial charge in [-0.3, -0.25) is 9.48 Å². The lowest BCUT2D eigenvalue weighted by molar-refractivity contribution is -0.132. The number of carbonyl (C=O) groups excluding carboxylic acids is 1. The molecule has 1 aromatic rings. The van der Waals surface area contributed by atoms with Crippen molar-refractivity contribution in [2.75, 3.05) is 39.4 Å². The van der Waals surface area contributed by atoms with Crippen molar-refractivity contribution in [1.29, 1.82) is 0 Å². The molecule has 1 amide bonds. The maximum Gasteiger partial charge on any atom is 0.246 e. The highest BCUT2D eigenvalue weighted by molar-refractivity contribution is 7.89. The molecule has 27 heavy (non-hydrogen) atoms. The summed E-state index contributed by atoms with van der Waals surface area (Å²) in [6.07, 6.45) is 5.61. The van der Waals surface area contributed by atoms with E-state index in [1.54, 1.807) is 18.5 Å². The molecular formula is C18H30N4O4S. The molecule has 0 atom stereocenters. The van der Waals surface area contributed by atoms with Crippen molar-refractivity contribution in [1.82, 2.24) is 19.0 Å². The van der Waals surface area contributed by atoms with Crippen LogP contribution in [0.1, 0.15) is 43.5 Å². The van der Waals surface area contributed by atoms with Crippen molar-refractivity contribution < 1.29 is 17.9 Å². The zero-order valence-corrected chi connectivity index (χ0v) is 17.1. The monoisotopic (exact) mass is 398 g/mol. The molecule has 0 aliphatic carbocycles. The number of ether oxygens (including phenoxy) is 1. The fraction of sp³-hybridized carbons (Fsp3) is 0.778. The third kappa shape index (κ3) is 4.52. The number of nitrogens with zero attached hydrogens (tertiary/aromatic N) is 4. The fourth-order valence-corrected chi connectivity index (χ4v) is 5.63. The molecule has 0 bridgehead atoms. The van der Waals surface area contributed by atoms with Gasteiger partial charge in [0.1, 0.15) is 11.4 Å². The number of morpholine rings is 1. The summed E-state index contributed by atoms with van der Waals surface area (Å²) in [5.74, 6) is 0.0119. The molecule has 0 saturated carbocycles. The van der Waals surface area contributed by atoms with Crippen molar-refractivity contribution >= 4 is 15.9 Å². The predicted molar refractivity (Wildman–Crippen MR) is 101 cm³/mol. The minimum atomic E-state index is -3.63. The Balaban J connectivity index is 1.77. The summed E-state index contributed by atoms with van der Waals surface area (Å²) in [5, 5.41) is 4.38. The molecule has 8 nitrogen and oxygen atoms in total. The lowest BCUT2D eigenvalue weighted by atomic mass is 10.1. The minimum Gasteiger partial charge on any atom is -0.379 e. The van der Waals surface area contributed by atoms with Gasteiger partial charge in [-0.1, -0.05) is 19.3 Å². The average Bonchev–Trinajstić information content (AvgIpc) is 2.89. The molecule has 3 rings (SSSR count). The van der Waals surface area contributed by atoms with Gasteiger partial charge in [-0.05, 0) is 26.7 Å². The van der Waals surface area contributed by atoms with E-state index in [2.05, 4.69) is 5.10 Å². The Hall–Kier alpha value is -1.45. The minimum absolute atomic E-state index is 0.0119. The second kappa shape index (κ2) is 8.70. The van der Waals surface area contributed by atoms with Crippen molar-refractivity contribution in [3.05, 3.63) is 11.4 Å². The molecule has 9 heteroatoms. The molecule has 1 aromatic heterocycles. The Bertz CT molecular complexity index is 761. The number of hydrogen-bond acceptors (Lipinski definition) is 5. The Morgan fingerprint density at radius 2 is 1.59 bits per heavy atom. The van der Waals surface area contributed by atoms with Crippen molar-refractivity contribution in [2.45, 2.75) is 57.4 Å². The van der Waals surface area contributed by atoms with E-state index in [9.17, 15) is 13.2 Å². The first-order chi connectivity index (χ1) is 12.9. The number of sulfonamides is 1. The maximum atomic E-state index is 13.0. The predicted octanol–water partition coefficient (Wildman–Crippen LogP) is 1.31. The molecule has 2 fully saturated rings. The molecular weight excluding hydrogens is 368 g/mol. The quantitative estimate of drug-likeness (QED) is 0.764. The van der Waals surface area contributed by atoms with Crippen LogP contribution in [-0.2, 0) is 26.1 Å². The highest BCUT2D eigenvalue weighted by Crippen LogP contribution is 2.24. The van der Waals surface area contributed by atoms with E-state index in [4.69, 9.17) is 4.74 Å². The van der Waals surface area contributed by atoms with E-state index in [-0.39, 0.29) is 17.3 Å². The molecule has 2 saturated heterocycles. The number of aryl methyl sites for hydroxylation is 1. The van der Waals surface area contributed by atoms with Gasteiger partial charge in [0.25, 0.3) is 0 Å². The van der Waals surface area contributed by atoms with Gasteiger partial charge < -0.3 is 9.64 Å². The maximum absolute atomic E-state index is 13.0. The third-order valence-corrected chi connectivity index (χ3v) is 7.53. The second-order valence-electron chi connectivity index (χ2n) is 7.32. The smallest absolute Gasteiger partial charge is 0.246 e. The molecule has 0 radical (unpaired) electrons. The molecule has 152 valence electrons. The van der Waals surface area contributed by atoms with Gasteiger partial charge in [-0.25, -0.2) is 8.42 Å². The van der Waals surface area contributed by atoms with E-state index in [1.165, 1.54) is 10.7 Å². The molecule has 0 N–H and O–H groups in total. The lowest BCUT2D eigenvalue weighted by Gasteiger charge is -2.26. The Morgan fingerprint density at radius 3 is 2.22 bits per heavy atom. The number of carbonyl (C=O) groups is 1. The van der Waals surface area contributed by atoms with Gasteiger partial charge in [0.15, 0.2) is 0 Å². The molecule has 0 aromatic carbocycles. The number of hydrogen-bond donors (Lipinski definition) is 0. The van der Waals surface area contributed by atoms with E-state index < -0.39 is 10.0 Å². The Kier molecular flexibility index (Phi) is 6.54. The van der Waals surface area contributed by atoms with Crippen LogP contribution in [0.4, 0.5) is 0 Å². The summed E-state index contributed by atoms with van der Waals surface area (Å²) in [7, 11) is -3.63.